The van der Waals surface area contributed by atoms with Gasteiger partial charge in [-0.3, -0.25) is 4.99 Å². The SMILES string of the molecule is N#Cc1ccc(C=Nc2cccc(F)c2)cc1. The van der Waals surface area contributed by atoms with Gasteiger partial charge in [0.15, 0.2) is 0 Å². The number of nitriles is 1. The van der Waals surface area contributed by atoms with Crippen molar-refractivity contribution in [3.8, 4) is 6.07 Å². The van der Waals surface area contributed by atoms with Crippen LogP contribution in [0.5, 0.6) is 0 Å². The highest BCUT2D eigenvalue weighted by atomic mass is 19.1. The molecule has 2 nitrogen and oxygen atoms in total. The molecule has 2 rings (SSSR count). The molecule has 2 aromatic rings. The summed E-state index contributed by atoms with van der Waals surface area (Å²) in [6.07, 6.45) is 1.63. The van der Waals surface area contributed by atoms with Crippen LogP contribution in [0.2, 0.25) is 0 Å². The molecule has 2 aromatic carbocycles. The van der Waals surface area contributed by atoms with Crippen LogP contribution in [-0.2, 0) is 0 Å². The molecule has 0 fully saturated rings. The Hall–Kier alpha value is -2.47. The second kappa shape index (κ2) is 5.04. The van der Waals surface area contributed by atoms with E-state index in [1.165, 1.54) is 12.1 Å². The zero-order valence-corrected chi connectivity index (χ0v) is 8.97. The van der Waals surface area contributed by atoms with E-state index in [1.54, 1.807) is 42.6 Å². The first-order valence-corrected chi connectivity index (χ1v) is 5.08. The van der Waals surface area contributed by atoms with E-state index in [1.807, 2.05) is 6.07 Å². The quantitative estimate of drug-likeness (QED) is 0.719. The van der Waals surface area contributed by atoms with E-state index in [4.69, 9.17) is 5.26 Å². The van der Waals surface area contributed by atoms with Crippen LogP contribution in [0.25, 0.3) is 0 Å². The van der Waals surface area contributed by atoms with Crippen molar-refractivity contribution in [3.63, 3.8) is 0 Å². The molecule has 0 radical (unpaired) electrons. The van der Waals surface area contributed by atoms with E-state index in [9.17, 15) is 4.39 Å². The minimum atomic E-state index is -0.306. The van der Waals surface area contributed by atoms with E-state index in [0.29, 0.717) is 11.3 Å². The van der Waals surface area contributed by atoms with Gasteiger partial charge in [0.2, 0.25) is 0 Å². The predicted octanol–water partition coefficient (Wildman–Crippen LogP) is 3.45. The van der Waals surface area contributed by atoms with Gasteiger partial charge in [-0.1, -0.05) is 18.2 Å². The van der Waals surface area contributed by atoms with Crippen molar-refractivity contribution in [2.75, 3.05) is 0 Å². The van der Waals surface area contributed by atoms with Crippen LogP contribution in [-0.4, -0.2) is 6.21 Å². The zero-order chi connectivity index (χ0) is 12.1. The fourth-order valence-corrected chi connectivity index (χ4v) is 1.35. The van der Waals surface area contributed by atoms with Crippen LogP contribution in [0.3, 0.4) is 0 Å². The average Bonchev–Trinajstić information content (AvgIpc) is 2.37. The average molecular weight is 224 g/mol. The number of nitrogens with zero attached hydrogens (tertiary/aromatic N) is 2. The summed E-state index contributed by atoms with van der Waals surface area (Å²) in [6.45, 7) is 0. The third kappa shape index (κ3) is 2.99. The standard InChI is InChI=1S/C14H9FN2/c15-13-2-1-3-14(8-13)17-10-12-6-4-11(9-16)5-7-12/h1-8,10H. The lowest BCUT2D eigenvalue weighted by atomic mass is 10.2. The van der Waals surface area contributed by atoms with Crippen LogP contribution in [0.15, 0.2) is 53.5 Å². The number of hydrogen-bond donors (Lipinski definition) is 0. The van der Waals surface area contributed by atoms with Gasteiger partial charge in [-0.15, -0.1) is 0 Å². The first kappa shape index (κ1) is 11.0. The van der Waals surface area contributed by atoms with Gasteiger partial charge < -0.3 is 0 Å². The summed E-state index contributed by atoms with van der Waals surface area (Å²) < 4.78 is 12.9. The molecule has 3 heteroatoms. The van der Waals surface area contributed by atoms with Gasteiger partial charge in [0, 0.05) is 6.21 Å². The lowest BCUT2D eigenvalue weighted by molar-refractivity contribution is 0.628. The Morgan fingerprint density at radius 1 is 1.12 bits per heavy atom. The molecule has 0 aliphatic rings. The topological polar surface area (TPSA) is 36.1 Å². The van der Waals surface area contributed by atoms with Crippen molar-refractivity contribution in [3.05, 3.63) is 65.5 Å². The lowest BCUT2D eigenvalue weighted by Gasteiger charge is -1.95. The van der Waals surface area contributed by atoms with Gasteiger partial charge in [0.1, 0.15) is 5.82 Å². The Kier molecular flexibility index (Phi) is 3.27. The summed E-state index contributed by atoms with van der Waals surface area (Å²) >= 11 is 0. The number of hydrogen-bond acceptors (Lipinski definition) is 2. The highest BCUT2D eigenvalue weighted by Crippen LogP contribution is 2.13. The molecule has 0 aliphatic heterocycles. The van der Waals surface area contributed by atoms with Crippen molar-refractivity contribution in [2.45, 2.75) is 0 Å². The second-order valence-electron chi connectivity index (χ2n) is 3.47. The van der Waals surface area contributed by atoms with Gasteiger partial charge in [0.05, 0.1) is 17.3 Å². The molecule has 0 aliphatic carbocycles. The Balaban J connectivity index is 2.17. The van der Waals surface area contributed by atoms with Crippen molar-refractivity contribution in [1.29, 1.82) is 5.26 Å². The van der Waals surface area contributed by atoms with Gasteiger partial charge in [-0.2, -0.15) is 5.26 Å². The highest BCUT2D eigenvalue weighted by molar-refractivity contribution is 5.82. The molecule has 0 bridgehead atoms. The molecule has 0 atom stereocenters. The van der Waals surface area contributed by atoms with Crippen molar-refractivity contribution in [2.24, 2.45) is 4.99 Å². The minimum Gasteiger partial charge on any atom is -0.256 e. The Morgan fingerprint density at radius 3 is 2.53 bits per heavy atom. The number of halogens is 1. The van der Waals surface area contributed by atoms with E-state index in [-0.39, 0.29) is 5.82 Å². The maximum atomic E-state index is 12.9. The monoisotopic (exact) mass is 224 g/mol. The molecule has 0 heterocycles. The maximum Gasteiger partial charge on any atom is 0.125 e. The molecular weight excluding hydrogens is 215 g/mol. The molecule has 82 valence electrons. The van der Waals surface area contributed by atoms with Crippen molar-refractivity contribution in [1.82, 2.24) is 0 Å². The fraction of sp³-hybridized carbons (Fsp3) is 0. The molecule has 0 unspecified atom stereocenters. The minimum absolute atomic E-state index is 0.306. The van der Waals surface area contributed by atoms with E-state index in [2.05, 4.69) is 4.99 Å². The molecular formula is C14H9FN2. The summed E-state index contributed by atoms with van der Waals surface area (Å²) in [6, 6.07) is 15.1. The van der Waals surface area contributed by atoms with Crippen LogP contribution >= 0.6 is 0 Å². The normalized spacial score (nSPS) is 10.4. The lowest BCUT2D eigenvalue weighted by Crippen LogP contribution is -1.81. The van der Waals surface area contributed by atoms with Gasteiger partial charge in [0.25, 0.3) is 0 Å². The van der Waals surface area contributed by atoms with Crippen LogP contribution in [0, 0.1) is 17.1 Å². The van der Waals surface area contributed by atoms with Gasteiger partial charge >= 0.3 is 0 Å². The molecule has 0 saturated heterocycles. The fourth-order valence-electron chi connectivity index (χ4n) is 1.35. The van der Waals surface area contributed by atoms with E-state index in [0.717, 1.165) is 5.56 Å². The Labute approximate surface area is 98.7 Å². The molecule has 17 heavy (non-hydrogen) atoms. The summed E-state index contributed by atoms with van der Waals surface area (Å²) in [4.78, 5) is 4.14. The van der Waals surface area contributed by atoms with Gasteiger partial charge in [-0.05, 0) is 35.9 Å². The summed E-state index contributed by atoms with van der Waals surface area (Å²) in [5.41, 5.74) is 2.04. The zero-order valence-electron chi connectivity index (χ0n) is 8.97. The maximum absolute atomic E-state index is 12.9. The summed E-state index contributed by atoms with van der Waals surface area (Å²) in [5.74, 6) is -0.306. The van der Waals surface area contributed by atoms with E-state index < -0.39 is 0 Å². The largest absolute Gasteiger partial charge is 0.256 e. The first-order chi connectivity index (χ1) is 8.28. The third-order valence-electron chi connectivity index (χ3n) is 2.21. The van der Waals surface area contributed by atoms with Crippen LogP contribution in [0.4, 0.5) is 10.1 Å². The second-order valence-corrected chi connectivity index (χ2v) is 3.47. The molecule has 0 N–H and O–H groups in total. The molecule has 0 saturated carbocycles. The number of benzene rings is 2. The highest BCUT2D eigenvalue weighted by Gasteiger charge is 1.93. The molecule has 0 amide bonds. The van der Waals surface area contributed by atoms with Gasteiger partial charge in [-0.25, -0.2) is 4.39 Å². The third-order valence-corrected chi connectivity index (χ3v) is 2.21. The number of rotatable bonds is 2. The predicted molar refractivity (Wildman–Crippen MR) is 64.8 cm³/mol. The van der Waals surface area contributed by atoms with Crippen LogP contribution < -0.4 is 0 Å². The van der Waals surface area contributed by atoms with Crippen molar-refractivity contribution >= 4 is 11.9 Å². The van der Waals surface area contributed by atoms with E-state index >= 15 is 0 Å². The summed E-state index contributed by atoms with van der Waals surface area (Å²) in [7, 11) is 0. The Bertz CT molecular complexity index is 580. The number of aliphatic imine (C=N–C) groups is 1. The molecule has 0 spiro atoms. The van der Waals surface area contributed by atoms with Crippen molar-refractivity contribution < 1.29 is 4.39 Å². The first-order valence-electron chi connectivity index (χ1n) is 5.08. The molecule has 0 aromatic heterocycles. The Morgan fingerprint density at radius 2 is 1.88 bits per heavy atom. The smallest absolute Gasteiger partial charge is 0.125 e. The summed E-state index contributed by atoms with van der Waals surface area (Å²) in [5, 5.41) is 8.64. The van der Waals surface area contributed by atoms with Crippen LogP contribution in [0.1, 0.15) is 11.1 Å².